The lowest BCUT2D eigenvalue weighted by atomic mass is 10.0. The molecule has 1 N–H and O–H groups in total. The Morgan fingerprint density at radius 1 is 1.15 bits per heavy atom. The standard InChI is InChI=1S/C21H23N3O2/c1-15-18(21(24(2)23-15)26-16-8-4-3-5-9-16)14-22-19-12-13-25-20-11-7-6-10-17(19)20/h3-11,19,22H,12-14H2,1-2H3/t19-/m1/s1. The van der Waals surface area contributed by atoms with Gasteiger partial charge >= 0.3 is 0 Å². The van der Waals surface area contributed by atoms with E-state index < -0.39 is 0 Å². The summed E-state index contributed by atoms with van der Waals surface area (Å²) in [4.78, 5) is 0. The Labute approximate surface area is 153 Å². The maximum Gasteiger partial charge on any atom is 0.222 e. The average molecular weight is 349 g/mol. The molecule has 2 heterocycles. The molecule has 0 saturated carbocycles. The topological polar surface area (TPSA) is 48.3 Å². The van der Waals surface area contributed by atoms with Crippen LogP contribution in [-0.4, -0.2) is 16.4 Å². The number of aromatic nitrogens is 2. The summed E-state index contributed by atoms with van der Waals surface area (Å²) in [7, 11) is 1.92. The van der Waals surface area contributed by atoms with Crippen LogP contribution in [0.4, 0.5) is 0 Å². The van der Waals surface area contributed by atoms with E-state index in [1.807, 2.05) is 56.4 Å². The maximum absolute atomic E-state index is 6.11. The van der Waals surface area contributed by atoms with Gasteiger partial charge in [0.1, 0.15) is 11.5 Å². The molecule has 1 atom stereocenters. The van der Waals surface area contributed by atoms with Crippen LogP contribution in [0.5, 0.6) is 17.4 Å². The molecule has 4 rings (SSSR count). The van der Waals surface area contributed by atoms with E-state index in [1.54, 1.807) is 4.68 Å². The van der Waals surface area contributed by atoms with Gasteiger partial charge in [-0.2, -0.15) is 5.10 Å². The molecule has 1 aliphatic rings. The highest BCUT2D eigenvalue weighted by Gasteiger charge is 2.22. The number of para-hydroxylation sites is 2. The quantitative estimate of drug-likeness (QED) is 0.752. The van der Waals surface area contributed by atoms with Crippen LogP contribution in [0, 0.1) is 6.92 Å². The van der Waals surface area contributed by atoms with Crippen LogP contribution in [0.15, 0.2) is 54.6 Å². The summed E-state index contributed by atoms with van der Waals surface area (Å²) >= 11 is 0. The summed E-state index contributed by atoms with van der Waals surface area (Å²) in [6.07, 6.45) is 0.950. The molecule has 0 spiro atoms. The minimum absolute atomic E-state index is 0.268. The van der Waals surface area contributed by atoms with Crippen LogP contribution in [0.1, 0.15) is 29.3 Å². The second kappa shape index (κ2) is 7.22. The average Bonchev–Trinajstić information content (AvgIpc) is 2.93. The van der Waals surface area contributed by atoms with Crippen molar-refractivity contribution in [3.8, 4) is 17.4 Å². The van der Waals surface area contributed by atoms with Crippen LogP contribution in [-0.2, 0) is 13.6 Å². The van der Waals surface area contributed by atoms with Gasteiger partial charge in [0, 0.05) is 31.6 Å². The maximum atomic E-state index is 6.11. The van der Waals surface area contributed by atoms with E-state index in [1.165, 1.54) is 5.56 Å². The molecule has 134 valence electrons. The van der Waals surface area contributed by atoms with Crippen LogP contribution in [0.2, 0.25) is 0 Å². The van der Waals surface area contributed by atoms with Crippen molar-refractivity contribution in [1.29, 1.82) is 0 Å². The van der Waals surface area contributed by atoms with Crippen LogP contribution < -0.4 is 14.8 Å². The van der Waals surface area contributed by atoms with Gasteiger partial charge in [-0.05, 0) is 25.1 Å². The Balaban J connectivity index is 1.54. The second-order valence-corrected chi connectivity index (χ2v) is 6.52. The van der Waals surface area contributed by atoms with Gasteiger partial charge in [-0.3, -0.25) is 0 Å². The largest absolute Gasteiger partial charge is 0.493 e. The lowest BCUT2D eigenvalue weighted by molar-refractivity contribution is 0.252. The number of ether oxygens (including phenoxy) is 2. The van der Waals surface area contributed by atoms with Gasteiger partial charge in [0.15, 0.2) is 0 Å². The minimum Gasteiger partial charge on any atom is -0.493 e. The first-order chi connectivity index (χ1) is 12.7. The third-order valence-electron chi connectivity index (χ3n) is 4.73. The van der Waals surface area contributed by atoms with Gasteiger partial charge in [-0.25, -0.2) is 4.68 Å². The molecule has 0 amide bonds. The first-order valence-corrected chi connectivity index (χ1v) is 8.93. The first-order valence-electron chi connectivity index (χ1n) is 8.93. The van der Waals surface area contributed by atoms with Crippen molar-refractivity contribution < 1.29 is 9.47 Å². The lowest BCUT2D eigenvalue weighted by Crippen LogP contribution is -2.27. The fourth-order valence-corrected chi connectivity index (χ4v) is 3.39. The summed E-state index contributed by atoms with van der Waals surface area (Å²) in [5.41, 5.74) is 3.28. The molecule has 0 radical (unpaired) electrons. The Morgan fingerprint density at radius 3 is 2.77 bits per heavy atom. The van der Waals surface area contributed by atoms with Crippen molar-refractivity contribution in [1.82, 2.24) is 15.1 Å². The predicted octanol–water partition coefficient (Wildman–Crippen LogP) is 4.13. The molecule has 0 unspecified atom stereocenters. The monoisotopic (exact) mass is 349 g/mol. The molecule has 26 heavy (non-hydrogen) atoms. The fraction of sp³-hybridized carbons (Fsp3) is 0.286. The zero-order valence-electron chi connectivity index (χ0n) is 15.1. The Hall–Kier alpha value is -2.79. The molecule has 1 aromatic heterocycles. The molecule has 2 aromatic carbocycles. The highest BCUT2D eigenvalue weighted by Crippen LogP contribution is 2.33. The molecule has 3 aromatic rings. The Morgan fingerprint density at radius 2 is 1.92 bits per heavy atom. The van der Waals surface area contributed by atoms with Gasteiger partial charge in [0.05, 0.1) is 17.9 Å². The molecular formula is C21H23N3O2. The van der Waals surface area contributed by atoms with Crippen molar-refractivity contribution in [2.75, 3.05) is 6.61 Å². The van der Waals surface area contributed by atoms with Crippen LogP contribution in [0.25, 0.3) is 0 Å². The summed E-state index contributed by atoms with van der Waals surface area (Å²) in [5, 5.41) is 8.20. The van der Waals surface area contributed by atoms with E-state index >= 15 is 0 Å². The zero-order chi connectivity index (χ0) is 17.9. The number of benzene rings is 2. The summed E-state index contributed by atoms with van der Waals surface area (Å²) < 4.78 is 13.7. The predicted molar refractivity (Wildman–Crippen MR) is 101 cm³/mol. The van der Waals surface area contributed by atoms with Crippen LogP contribution >= 0.6 is 0 Å². The summed E-state index contributed by atoms with van der Waals surface area (Å²) in [6, 6.07) is 18.3. The fourth-order valence-electron chi connectivity index (χ4n) is 3.39. The molecule has 0 saturated heterocycles. The van der Waals surface area contributed by atoms with Crippen LogP contribution in [0.3, 0.4) is 0 Å². The van der Waals surface area contributed by atoms with Gasteiger partial charge < -0.3 is 14.8 Å². The number of hydrogen-bond donors (Lipinski definition) is 1. The smallest absolute Gasteiger partial charge is 0.222 e. The van der Waals surface area contributed by atoms with Crippen molar-refractivity contribution in [2.24, 2.45) is 7.05 Å². The Bertz CT molecular complexity index is 890. The second-order valence-electron chi connectivity index (χ2n) is 6.52. The van der Waals surface area contributed by atoms with Crippen molar-refractivity contribution in [3.05, 3.63) is 71.4 Å². The Kier molecular flexibility index (Phi) is 4.63. The van der Waals surface area contributed by atoms with E-state index in [0.717, 1.165) is 41.7 Å². The van der Waals surface area contributed by atoms with Gasteiger partial charge in [0.25, 0.3) is 0 Å². The van der Waals surface area contributed by atoms with Crippen molar-refractivity contribution in [3.63, 3.8) is 0 Å². The van der Waals surface area contributed by atoms with E-state index in [9.17, 15) is 0 Å². The van der Waals surface area contributed by atoms with Crippen molar-refractivity contribution in [2.45, 2.75) is 25.9 Å². The highest BCUT2D eigenvalue weighted by molar-refractivity contribution is 5.39. The minimum atomic E-state index is 0.268. The van der Waals surface area contributed by atoms with Crippen molar-refractivity contribution >= 4 is 0 Å². The normalized spacial score (nSPS) is 16.0. The molecular weight excluding hydrogens is 326 g/mol. The molecule has 0 bridgehead atoms. The number of fused-ring (bicyclic) bond motifs is 1. The third-order valence-corrected chi connectivity index (χ3v) is 4.73. The van der Waals surface area contributed by atoms with Gasteiger partial charge in [-0.15, -0.1) is 0 Å². The number of aryl methyl sites for hydroxylation is 2. The number of hydrogen-bond acceptors (Lipinski definition) is 4. The summed E-state index contributed by atoms with van der Waals surface area (Å²) in [6.45, 7) is 3.45. The van der Waals surface area contributed by atoms with E-state index in [4.69, 9.17) is 9.47 Å². The van der Waals surface area contributed by atoms with Gasteiger partial charge in [0.2, 0.25) is 5.88 Å². The highest BCUT2D eigenvalue weighted by atomic mass is 16.5. The van der Waals surface area contributed by atoms with E-state index in [2.05, 4.69) is 22.5 Å². The van der Waals surface area contributed by atoms with Gasteiger partial charge in [-0.1, -0.05) is 36.4 Å². The zero-order valence-corrected chi connectivity index (χ0v) is 15.1. The first kappa shape index (κ1) is 16.7. The van der Waals surface area contributed by atoms with E-state index in [-0.39, 0.29) is 6.04 Å². The third kappa shape index (κ3) is 3.30. The van der Waals surface area contributed by atoms with E-state index in [0.29, 0.717) is 6.54 Å². The lowest BCUT2D eigenvalue weighted by Gasteiger charge is -2.26. The molecule has 5 heteroatoms. The molecule has 5 nitrogen and oxygen atoms in total. The molecule has 0 fully saturated rings. The summed E-state index contributed by atoms with van der Waals surface area (Å²) in [5.74, 6) is 2.56. The molecule has 1 aliphatic heterocycles. The number of rotatable bonds is 5. The number of nitrogens with zero attached hydrogens (tertiary/aromatic N) is 2. The number of nitrogens with one attached hydrogen (secondary N) is 1. The SMILES string of the molecule is Cc1nn(C)c(Oc2ccccc2)c1CN[C@@H]1CCOc2ccccc21. The molecule has 0 aliphatic carbocycles.